The standard InChI is InChI=1S/C20H24N2O3/c1-15(16-6-3-2-4-7-16)25-19-10-9-17(14-22-19)20(23)21-12-11-18-8-5-13-24-18/h2-4,6-7,9-10,14-15,18H,5,8,11-13H2,1H3,(H,21,23)/t15-,18+/m1/s1. The van der Waals surface area contributed by atoms with Crippen LogP contribution in [0.5, 0.6) is 5.88 Å². The van der Waals surface area contributed by atoms with Crippen molar-refractivity contribution >= 4 is 5.91 Å². The fourth-order valence-electron chi connectivity index (χ4n) is 2.88. The molecule has 2 atom stereocenters. The van der Waals surface area contributed by atoms with E-state index in [0.717, 1.165) is 31.4 Å². The first-order chi connectivity index (χ1) is 12.2. The van der Waals surface area contributed by atoms with Gasteiger partial charge in [0.05, 0.1) is 11.7 Å². The third kappa shape index (κ3) is 5.03. The molecule has 2 heterocycles. The van der Waals surface area contributed by atoms with Crippen LogP contribution in [0.2, 0.25) is 0 Å². The Kier molecular flexibility index (Phi) is 6.01. The number of rotatable bonds is 7. The lowest BCUT2D eigenvalue weighted by molar-refractivity contribution is 0.0907. The summed E-state index contributed by atoms with van der Waals surface area (Å²) in [6.45, 7) is 3.43. The Morgan fingerprint density at radius 1 is 1.32 bits per heavy atom. The molecular formula is C20H24N2O3. The van der Waals surface area contributed by atoms with Crippen molar-refractivity contribution in [3.63, 3.8) is 0 Å². The van der Waals surface area contributed by atoms with Crippen molar-refractivity contribution in [2.75, 3.05) is 13.2 Å². The smallest absolute Gasteiger partial charge is 0.252 e. The number of aromatic nitrogens is 1. The van der Waals surface area contributed by atoms with Crippen LogP contribution in [0.4, 0.5) is 0 Å². The molecule has 1 N–H and O–H groups in total. The minimum absolute atomic E-state index is 0.0974. The molecule has 1 fully saturated rings. The highest BCUT2D eigenvalue weighted by atomic mass is 16.5. The van der Waals surface area contributed by atoms with Crippen molar-refractivity contribution < 1.29 is 14.3 Å². The van der Waals surface area contributed by atoms with E-state index in [1.54, 1.807) is 18.3 Å². The molecule has 0 spiro atoms. The maximum atomic E-state index is 12.1. The molecule has 25 heavy (non-hydrogen) atoms. The topological polar surface area (TPSA) is 60.5 Å². The summed E-state index contributed by atoms with van der Waals surface area (Å²) in [5.41, 5.74) is 1.62. The van der Waals surface area contributed by atoms with Gasteiger partial charge in [0, 0.05) is 25.4 Å². The summed E-state index contributed by atoms with van der Waals surface area (Å²) >= 11 is 0. The van der Waals surface area contributed by atoms with Crippen LogP contribution in [0.1, 0.15) is 48.2 Å². The Hall–Kier alpha value is -2.40. The predicted molar refractivity (Wildman–Crippen MR) is 95.6 cm³/mol. The van der Waals surface area contributed by atoms with Crippen molar-refractivity contribution in [1.29, 1.82) is 0 Å². The summed E-state index contributed by atoms with van der Waals surface area (Å²) in [6, 6.07) is 13.4. The molecular weight excluding hydrogens is 316 g/mol. The van der Waals surface area contributed by atoms with Crippen molar-refractivity contribution in [1.82, 2.24) is 10.3 Å². The third-order valence-electron chi connectivity index (χ3n) is 4.34. The van der Waals surface area contributed by atoms with E-state index in [1.165, 1.54) is 0 Å². The average Bonchev–Trinajstić information content (AvgIpc) is 3.16. The molecule has 0 saturated carbocycles. The molecule has 0 bridgehead atoms. The van der Waals surface area contributed by atoms with E-state index in [0.29, 0.717) is 18.0 Å². The predicted octanol–water partition coefficient (Wildman–Crippen LogP) is 3.52. The number of hydrogen-bond donors (Lipinski definition) is 1. The molecule has 132 valence electrons. The van der Waals surface area contributed by atoms with Crippen LogP contribution >= 0.6 is 0 Å². The molecule has 1 aliphatic heterocycles. The number of benzene rings is 1. The van der Waals surface area contributed by atoms with E-state index in [-0.39, 0.29) is 18.1 Å². The van der Waals surface area contributed by atoms with Crippen LogP contribution in [0.3, 0.4) is 0 Å². The summed E-state index contributed by atoms with van der Waals surface area (Å²) in [5, 5.41) is 2.91. The zero-order valence-corrected chi connectivity index (χ0v) is 14.5. The Morgan fingerprint density at radius 2 is 2.16 bits per heavy atom. The fourth-order valence-corrected chi connectivity index (χ4v) is 2.88. The maximum Gasteiger partial charge on any atom is 0.252 e. The third-order valence-corrected chi connectivity index (χ3v) is 4.34. The highest BCUT2D eigenvalue weighted by Crippen LogP contribution is 2.19. The first kappa shape index (κ1) is 17.4. The Balaban J connectivity index is 1.48. The van der Waals surface area contributed by atoms with E-state index in [2.05, 4.69) is 10.3 Å². The van der Waals surface area contributed by atoms with Gasteiger partial charge in [-0.05, 0) is 37.8 Å². The number of pyridine rings is 1. The number of nitrogens with one attached hydrogen (secondary N) is 1. The zero-order chi connectivity index (χ0) is 17.5. The summed E-state index contributed by atoms with van der Waals surface area (Å²) in [4.78, 5) is 16.4. The van der Waals surface area contributed by atoms with Gasteiger partial charge in [-0.2, -0.15) is 0 Å². The molecule has 5 nitrogen and oxygen atoms in total. The van der Waals surface area contributed by atoms with Crippen LogP contribution in [0, 0.1) is 0 Å². The van der Waals surface area contributed by atoms with Gasteiger partial charge in [0.25, 0.3) is 5.91 Å². The highest BCUT2D eigenvalue weighted by molar-refractivity contribution is 5.93. The molecule has 1 aromatic carbocycles. The van der Waals surface area contributed by atoms with Crippen molar-refractivity contribution in [2.45, 2.75) is 38.4 Å². The van der Waals surface area contributed by atoms with Crippen molar-refractivity contribution in [2.24, 2.45) is 0 Å². The highest BCUT2D eigenvalue weighted by Gasteiger charge is 2.15. The van der Waals surface area contributed by atoms with E-state index in [9.17, 15) is 4.79 Å². The van der Waals surface area contributed by atoms with E-state index in [4.69, 9.17) is 9.47 Å². The second kappa shape index (κ2) is 8.62. The van der Waals surface area contributed by atoms with E-state index < -0.39 is 0 Å². The molecule has 2 aromatic rings. The van der Waals surface area contributed by atoms with Gasteiger partial charge in [0.15, 0.2) is 0 Å². The average molecular weight is 340 g/mol. The molecule has 3 rings (SSSR count). The lowest BCUT2D eigenvalue weighted by Crippen LogP contribution is -2.27. The molecule has 1 aliphatic rings. The number of carbonyl (C=O) groups excluding carboxylic acids is 1. The number of carbonyl (C=O) groups is 1. The second-order valence-corrected chi connectivity index (χ2v) is 6.24. The monoisotopic (exact) mass is 340 g/mol. The van der Waals surface area contributed by atoms with Crippen LogP contribution in [-0.2, 0) is 4.74 Å². The minimum atomic E-state index is -0.117. The van der Waals surface area contributed by atoms with Crippen LogP contribution in [0.15, 0.2) is 48.7 Å². The Bertz CT molecular complexity index is 667. The van der Waals surface area contributed by atoms with Gasteiger partial charge in [0.1, 0.15) is 6.10 Å². The van der Waals surface area contributed by atoms with Gasteiger partial charge in [-0.3, -0.25) is 4.79 Å². The second-order valence-electron chi connectivity index (χ2n) is 6.24. The molecule has 1 aromatic heterocycles. The zero-order valence-electron chi connectivity index (χ0n) is 14.5. The summed E-state index contributed by atoms with van der Waals surface area (Å²) < 4.78 is 11.4. The normalized spacial score (nSPS) is 17.9. The quantitative estimate of drug-likeness (QED) is 0.838. The lowest BCUT2D eigenvalue weighted by Gasteiger charge is -2.14. The number of hydrogen-bond acceptors (Lipinski definition) is 4. The SMILES string of the molecule is C[C@@H](Oc1ccc(C(=O)NCC[C@@H]2CCCO2)cn1)c1ccccc1. The molecule has 1 saturated heterocycles. The van der Waals surface area contributed by atoms with E-state index in [1.807, 2.05) is 37.3 Å². The minimum Gasteiger partial charge on any atom is -0.470 e. The Morgan fingerprint density at radius 3 is 2.84 bits per heavy atom. The van der Waals surface area contributed by atoms with Crippen LogP contribution < -0.4 is 10.1 Å². The van der Waals surface area contributed by atoms with Crippen molar-refractivity contribution in [3.05, 3.63) is 59.8 Å². The van der Waals surface area contributed by atoms with Gasteiger partial charge < -0.3 is 14.8 Å². The first-order valence-corrected chi connectivity index (χ1v) is 8.80. The molecule has 5 heteroatoms. The van der Waals surface area contributed by atoms with Gasteiger partial charge >= 0.3 is 0 Å². The first-order valence-electron chi connectivity index (χ1n) is 8.80. The molecule has 1 amide bonds. The molecule has 0 unspecified atom stereocenters. The van der Waals surface area contributed by atoms with Crippen LogP contribution in [-0.4, -0.2) is 30.1 Å². The van der Waals surface area contributed by atoms with Crippen LogP contribution in [0.25, 0.3) is 0 Å². The largest absolute Gasteiger partial charge is 0.470 e. The number of amides is 1. The van der Waals surface area contributed by atoms with Gasteiger partial charge in [-0.1, -0.05) is 30.3 Å². The summed E-state index contributed by atoms with van der Waals surface area (Å²) in [7, 11) is 0. The summed E-state index contributed by atoms with van der Waals surface area (Å²) in [5.74, 6) is 0.389. The summed E-state index contributed by atoms with van der Waals surface area (Å²) in [6.07, 6.45) is 4.80. The maximum absolute atomic E-state index is 12.1. The van der Waals surface area contributed by atoms with E-state index >= 15 is 0 Å². The fraction of sp³-hybridized carbons (Fsp3) is 0.400. The van der Waals surface area contributed by atoms with Gasteiger partial charge in [-0.15, -0.1) is 0 Å². The molecule has 0 radical (unpaired) electrons. The number of ether oxygens (including phenoxy) is 2. The Labute approximate surface area is 148 Å². The van der Waals surface area contributed by atoms with Gasteiger partial charge in [-0.25, -0.2) is 4.98 Å². The molecule has 0 aliphatic carbocycles. The lowest BCUT2D eigenvalue weighted by atomic mass is 10.1. The van der Waals surface area contributed by atoms with Gasteiger partial charge in [0.2, 0.25) is 5.88 Å². The van der Waals surface area contributed by atoms with Crippen molar-refractivity contribution in [3.8, 4) is 5.88 Å². The number of nitrogens with zero attached hydrogens (tertiary/aromatic N) is 1.